The van der Waals surface area contributed by atoms with E-state index in [1.165, 1.54) is 19.3 Å². The van der Waals surface area contributed by atoms with Crippen molar-refractivity contribution in [1.29, 1.82) is 0 Å². The lowest BCUT2D eigenvalue weighted by atomic mass is 9.98. The molecule has 2 heterocycles. The van der Waals surface area contributed by atoms with Crippen molar-refractivity contribution in [2.45, 2.75) is 38.1 Å². The highest BCUT2D eigenvalue weighted by atomic mass is 16.1. The number of hydrogen-bond acceptors (Lipinski definition) is 3. The van der Waals surface area contributed by atoms with Gasteiger partial charge in [0, 0.05) is 31.9 Å². The summed E-state index contributed by atoms with van der Waals surface area (Å²) in [4.78, 5) is 18.3. The number of rotatable bonds is 4. The number of nitrogens with zero attached hydrogens (tertiary/aromatic N) is 3. The molecular formula is C13H22N4O. The van der Waals surface area contributed by atoms with Crippen LogP contribution in [0.1, 0.15) is 32.1 Å². The van der Waals surface area contributed by atoms with E-state index in [1.54, 1.807) is 6.20 Å². The van der Waals surface area contributed by atoms with Gasteiger partial charge in [0.2, 0.25) is 11.9 Å². The molecule has 0 bridgehead atoms. The van der Waals surface area contributed by atoms with Gasteiger partial charge in [-0.1, -0.05) is 6.42 Å². The molecule has 1 atom stereocenters. The molecule has 1 amide bonds. The van der Waals surface area contributed by atoms with Gasteiger partial charge in [0.05, 0.1) is 0 Å². The first-order valence-corrected chi connectivity index (χ1v) is 6.64. The molecule has 1 aliphatic heterocycles. The van der Waals surface area contributed by atoms with Crippen LogP contribution in [0.3, 0.4) is 0 Å². The summed E-state index contributed by atoms with van der Waals surface area (Å²) in [6.45, 7) is 1.16. The summed E-state index contributed by atoms with van der Waals surface area (Å²) in [6.07, 6.45) is 8.80. The Kier molecular flexibility index (Phi) is 4.36. The second-order valence-electron chi connectivity index (χ2n) is 5.08. The minimum Gasteiger partial charge on any atom is -0.320 e. The molecular weight excluding hydrogens is 228 g/mol. The molecule has 1 saturated heterocycles. The van der Waals surface area contributed by atoms with E-state index in [1.807, 2.05) is 17.8 Å². The van der Waals surface area contributed by atoms with Gasteiger partial charge in [-0.25, -0.2) is 4.98 Å². The van der Waals surface area contributed by atoms with Gasteiger partial charge in [-0.05, 0) is 32.9 Å². The average Bonchev–Trinajstić information content (AvgIpc) is 2.74. The number of anilines is 1. The highest BCUT2D eigenvalue weighted by Crippen LogP contribution is 2.19. The van der Waals surface area contributed by atoms with Crippen molar-refractivity contribution in [1.82, 2.24) is 14.5 Å². The smallest absolute Gasteiger partial charge is 0.226 e. The number of carbonyl (C=O) groups is 1. The van der Waals surface area contributed by atoms with Gasteiger partial charge < -0.3 is 9.47 Å². The van der Waals surface area contributed by atoms with Crippen molar-refractivity contribution >= 4 is 11.9 Å². The Balaban J connectivity index is 1.76. The number of aromatic nitrogens is 2. The highest BCUT2D eigenvalue weighted by molar-refractivity contribution is 5.89. The molecule has 0 aliphatic carbocycles. The number of carbonyl (C=O) groups excluding carboxylic acids is 1. The van der Waals surface area contributed by atoms with E-state index in [-0.39, 0.29) is 5.91 Å². The summed E-state index contributed by atoms with van der Waals surface area (Å²) in [5.41, 5.74) is 0. The standard InChI is InChI=1S/C13H22N4O/c1-16-9-4-3-5-11(16)6-7-12(18)15-13-14-8-10-17(13)2/h8,10-11H,3-7,9H2,1-2H3,(H,14,15,18). The summed E-state index contributed by atoms with van der Waals surface area (Å²) in [5, 5.41) is 2.84. The summed E-state index contributed by atoms with van der Waals surface area (Å²) in [6, 6.07) is 0.561. The lowest BCUT2D eigenvalue weighted by Crippen LogP contribution is -2.36. The van der Waals surface area contributed by atoms with Crippen LogP contribution in [-0.4, -0.2) is 40.0 Å². The first-order chi connectivity index (χ1) is 8.66. The lowest BCUT2D eigenvalue weighted by molar-refractivity contribution is -0.116. The lowest BCUT2D eigenvalue weighted by Gasteiger charge is -2.32. The second kappa shape index (κ2) is 6.00. The van der Waals surface area contributed by atoms with E-state index in [2.05, 4.69) is 22.2 Å². The van der Waals surface area contributed by atoms with E-state index >= 15 is 0 Å². The molecule has 0 aromatic carbocycles. The SMILES string of the molecule is CN1CCCCC1CCC(=O)Nc1nccn1C. The maximum absolute atomic E-state index is 11.8. The van der Waals surface area contributed by atoms with Gasteiger partial charge in [-0.3, -0.25) is 10.1 Å². The third-order valence-electron chi connectivity index (χ3n) is 3.70. The molecule has 1 aromatic heterocycles. The molecule has 1 fully saturated rings. The van der Waals surface area contributed by atoms with Crippen LogP contribution in [0.15, 0.2) is 12.4 Å². The maximum Gasteiger partial charge on any atom is 0.226 e. The van der Waals surface area contributed by atoms with E-state index in [0.29, 0.717) is 18.4 Å². The van der Waals surface area contributed by atoms with Gasteiger partial charge in [-0.2, -0.15) is 0 Å². The van der Waals surface area contributed by atoms with Crippen LogP contribution in [0.5, 0.6) is 0 Å². The van der Waals surface area contributed by atoms with Crippen molar-refractivity contribution < 1.29 is 4.79 Å². The van der Waals surface area contributed by atoms with E-state index in [0.717, 1.165) is 13.0 Å². The van der Waals surface area contributed by atoms with Crippen LogP contribution in [0.4, 0.5) is 5.95 Å². The van der Waals surface area contributed by atoms with Gasteiger partial charge in [0.25, 0.3) is 0 Å². The normalized spacial score (nSPS) is 20.9. The molecule has 5 nitrogen and oxygen atoms in total. The number of hydrogen-bond donors (Lipinski definition) is 1. The predicted octanol–water partition coefficient (Wildman–Crippen LogP) is 1.62. The summed E-state index contributed by atoms with van der Waals surface area (Å²) in [5.74, 6) is 0.681. The van der Waals surface area contributed by atoms with Crippen molar-refractivity contribution in [2.75, 3.05) is 18.9 Å². The summed E-state index contributed by atoms with van der Waals surface area (Å²) < 4.78 is 1.81. The number of nitrogens with one attached hydrogen (secondary N) is 1. The fraction of sp³-hybridized carbons (Fsp3) is 0.692. The van der Waals surface area contributed by atoms with Crippen molar-refractivity contribution in [2.24, 2.45) is 7.05 Å². The van der Waals surface area contributed by atoms with Crippen LogP contribution >= 0.6 is 0 Å². The molecule has 5 heteroatoms. The van der Waals surface area contributed by atoms with Crippen molar-refractivity contribution in [3.8, 4) is 0 Å². The second-order valence-corrected chi connectivity index (χ2v) is 5.08. The van der Waals surface area contributed by atoms with Crippen LogP contribution in [0.2, 0.25) is 0 Å². The largest absolute Gasteiger partial charge is 0.320 e. The highest BCUT2D eigenvalue weighted by Gasteiger charge is 2.19. The van der Waals surface area contributed by atoms with Crippen LogP contribution in [0.25, 0.3) is 0 Å². The average molecular weight is 250 g/mol. The van der Waals surface area contributed by atoms with Crippen LogP contribution in [0, 0.1) is 0 Å². The van der Waals surface area contributed by atoms with Crippen LogP contribution in [-0.2, 0) is 11.8 Å². The number of imidazole rings is 1. The molecule has 1 unspecified atom stereocenters. The molecule has 18 heavy (non-hydrogen) atoms. The van der Waals surface area contributed by atoms with Crippen LogP contribution < -0.4 is 5.32 Å². The zero-order chi connectivity index (χ0) is 13.0. The molecule has 2 rings (SSSR count). The monoisotopic (exact) mass is 250 g/mol. The molecule has 100 valence electrons. The maximum atomic E-state index is 11.8. The zero-order valence-electron chi connectivity index (χ0n) is 11.2. The molecule has 1 aromatic rings. The van der Waals surface area contributed by atoms with Gasteiger partial charge in [0.1, 0.15) is 0 Å². The van der Waals surface area contributed by atoms with Gasteiger partial charge >= 0.3 is 0 Å². The molecule has 1 aliphatic rings. The Morgan fingerprint density at radius 1 is 1.50 bits per heavy atom. The minimum absolute atomic E-state index is 0.0586. The van der Waals surface area contributed by atoms with Gasteiger partial charge in [0.15, 0.2) is 0 Å². The van der Waals surface area contributed by atoms with E-state index in [9.17, 15) is 4.79 Å². The Hall–Kier alpha value is -1.36. The van der Waals surface area contributed by atoms with Crippen molar-refractivity contribution in [3.63, 3.8) is 0 Å². The number of aryl methyl sites for hydroxylation is 1. The number of piperidine rings is 1. The molecule has 0 saturated carbocycles. The first kappa shape index (κ1) is 13.1. The zero-order valence-corrected chi connectivity index (χ0v) is 11.2. The molecule has 1 N–H and O–H groups in total. The molecule has 0 spiro atoms. The fourth-order valence-electron chi connectivity index (χ4n) is 2.48. The van der Waals surface area contributed by atoms with Gasteiger partial charge in [-0.15, -0.1) is 0 Å². The third kappa shape index (κ3) is 3.32. The number of likely N-dealkylation sites (tertiary alicyclic amines) is 1. The fourth-order valence-corrected chi connectivity index (χ4v) is 2.48. The van der Waals surface area contributed by atoms with E-state index in [4.69, 9.17) is 0 Å². The Bertz CT molecular complexity index is 401. The van der Waals surface area contributed by atoms with E-state index < -0.39 is 0 Å². The Morgan fingerprint density at radius 2 is 2.33 bits per heavy atom. The Labute approximate surface area is 108 Å². The summed E-state index contributed by atoms with van der Waals surface area (Å²) >= 11 is 0. The molecule has 0 radical (unpaired) electrons. The first-order valence-electron chi connectivity index (χ1n) is 6.64. The number of amides is 1. The predicted molar refractivity (Wildman–Crippen MR) is 71.3 cm³/mol. The topological polar surface area (TPSA) is 50.2 Å². The summed E-state index contributed by atoms with van der Waals surface area (Å²) in [7, 11) is 4.03. The van der Waals surface area contributed by atoms with Crippen molar-refractivity contribution in [3.05, 3.63) is 12.4 Å². The third-order valence-corrected chi connectivity index (χ3v) is 3.70. The quantitative estimate of drug-likeness (QED) is 0.883. The minimum atomic E-state index is 0.0586. The Morgan fingerprint density at radius 3 is 3.00 bits per heavy atom.